The molecule has 3 atom stereocenters. The molecule has 8 rings (SSSR count). The largest absolute Gasteiger partial charge is 0.433 e. The first kappa shape index (κ1) is 43.8. The van der Waals surface area contributed by atoms with Crippen molar-refractivity contribution in [3.8, 4) is 17.2 Å². The van der Waals surface area contributed by atoms with Gasteiger partial charge in [0.25, 0.3) is 17.9 Å². The molecule has 1 fully saturated rings. The number of alkyl halides is 10. The Kier molecular flexibility index (Phi) is 10.9. The maximum Gasteiger partial charge on any atom is 0.433 e. The molecule has 6 aromatic rings. The molecular weight excluding hydrogens is 912 g/mol. The zero-order valence-electron chi connectivity index (χ0n) is 31.5. The Labute approximate surface area is 353 Å². The lowest BCUT2D eigenvalue weighted by atomic mass is 10.0. The molecule has 2 N–H and O–H groups in total. The summed E-state index contributed by atoms with van der Waals surface area (Å²) in [6, 6.07) is 3.48. The summed E-state index contributed by atoms with van der Waals surface area (Å²) in [4.78, 5) is 40.0. The van der Waals surface area contributed by atoms with Gasteiger partial charge in [0.2, 0.25) is 5.91 Å². The maximum atomic E-state index is 15.5. The van der Waals surface area contributed by atoms with Gasteiger partial charge in [-0.3, -0.25) is 23.5 Å². The van der Waals surface area contributed by atoms with Gasteiger partial charge in [0.1, 0.15) is 53.3 Å². The molecule has 1 saturated carbocycles. The minimum absolute atomic E-state index is 0.103. The Morgan fingerprint density at radius 3 is 2.37 bits per heavy atom. The Morgan fingerprint density at radius 2 is 1.71 bits per heavy atom. The summed E-state index contributed by atoms with van der Waals surface area (Å²) in [6.45, 7) is -2.96. The second-order valence-corrected chi connectivity index (χ2v) is 15.5. The van der Waals surface area contributed by atoms with E-state index in [9.17, 15) is 53.5 Å². The molecule has 4 aromatic heterocycles. The number of halogens is 13. The summed E-state index contributed by atoms with van der Waals surface area (Å²) >= 11 is 7.39. The van der Waals surface area contributed by atoms with E-state index in [2.05, 4.69) is 35.2 Å². The predicted octanol–water partition coefficient (Wildman–Crippen LogP) is 8.69. The van der Waals surface area contributed by atoms with Crippen molar-refractivity contribution in [2.24, 2.45) is 5.92 Å². The van der Waals surface area contributed by atoms with Crippen LogP contribution in [0.2, 0.25) is 5.02 Å². The van der Waals surface area contributed by atoms with E-state index in [-0.39, 0.29) is 28.2 Å². The van der Waals surface area contributed by atoms with E-state index < -0.39 is 136 Å². The smallest absolute Gasteiger partial charge is 0.344 e. The van der Waals surface area contributed by atoms with Gasteiger partial charge >= 0.3 is 12.4 Å². The van der Waals surface area contributed by atoms with Crippen molar-refractivity contribution in [3.63, 3.8) is 0 Å². The molecule has 0 saturated heterocycles. The Hall–Kier alpha value is -5.85. The number of nitrogens with zero attached hydrogens (tertiary/aromatic N) is 8. The zero-order chi connectivity index (χ0) is 45.5. The van der Waals surface area contributed by atoms with Crippen molar-refractivity contribution >= 4 is 46.2 Å². The normalized spacial score (nSPS) is 17.3. The third-order valence-corrected chi connectivity index (χ3v) is 10.9. The molecule has 0 radical (unpaired) electrons. The molecule has 63 heavy (non-hydrogen) atoms. The predicted molar refractivity (Wildman–Crippen MR) is 200 cm³/mol. The van der Waals surface area contributed by atoms with Crippen molar-refractivity contribution in [2.75, 3.05) is 11.0 Å². The number of anilines is 1. The van der Waals surface area contributed by atoms with Crippen LogP contribution in [0.3, 0.4) is 0 Å². The van der Waals surface area contributed by atoms with Gasteiger partial charge < -0.3 is 10.0 Å². The van der Waals surface area contributed by atoms with E-state index in [0.29, 0.717) is 38.3 Å². The average Bonchev–Trinajstić information content (AvgIpc) is 3.70. The van der Waals surface area contributed by atoms with Gasteiger partial charge in [-0.2, -0.15) is 45.3 Å². The van der Waals surface area contributed by atoms with Crippen LogP contribution in [0.5, 0.6) is 0 Å². The molecule has 0 bridgehead atoms. The van der Waals surface area contributed by atoms with Crippen molar-refractivity contribution in [1.82, 2.24) is 44.4 Å². The lowest BCUT2D eigenvalue weighted by Crippen LogP contribution is -2.38. The lowest BCUT2D eigenvalue weighted by molar-refractivity contribution is -0.142. The number of rotatable bonds is 12. The monoisotopic (exact) mass is 936 g/mol. The molecule has 332 valence electrons. The Morgan fingerprint density at radius 1 is 1.00 bits per heavy atom. The van der Waals surface area contributed by atoms with Crippen LogP contribution < -0.4 is 15.6 Å². The highest BCUT2D eigenvalue weighted by molar-refractivity contribution is 7.99. The first-order valence-electron chi connectivity index (χ1n) is 18.2. The molecule has 0 aliphatic heterocycles. The van der Waals surface area contributed by atoms with Gasteiger partial charge in [0, 0.05) is 42.5 Å². The van der Waals surface area contributed by atoms with Gasteiger partial charge in [0.05, 0.1) is 27.7 Å². The van der Waals surface area contributed by atoms with Crippen molar-refractivity contribution in [1.29, 1.82) is 0 Å². The summed E-state index contributed by atoms with van der Waals surface area (Å²) in [7, 11) is 0. The molecule has 26 heteroatoms. The number of carbonyl (C=O) groups is 1. The molecule has 12 nitrogen and oxygen atoms in total. The topological polar surface area (TPSA) is 137 Å². The Balaban J connectivity index is 1.36. The van der Waals surface area contributed by atoms with Gasteiger partial charge in [-0.1, -0.05) is 23.5 Å². The molecular formula is C37H25ClF12N10O2S. The van der Waals surface area contributed by atoms with Crippen LogP contribution in [0.25, 0.3) is 28.1 Å². The highest BCUT2D eigenvalue weighted by atomic mass is 35.5. The molecule has 2 aromatic carbocycles. The van der Waals surface area contributed by atoms with Crippen LogP contribution in [0, 0.1) is 17.6 Å². The highest BCUT2D eigenvalue weighted by Gasteiger charge is 2.67. The quantitative estimate of drug-likeness (QED) is 0.0913. The summed E-state index contributed by atoms with van der Waals surface area (Å²) in [6.07, 6.45) is -12.0. The summed E-state index contributed by atoms with van der Waals surface area (Å²) < 4.78 is 176. The van der Waals surface area contributed by atoms with Crippen LogP contribution in [0.4, 0.5) is 58.5 Å². The molecule has 2 aliphatic carbocycles. The third-order valence-electron chi connectivity index (χ3n) is 10.2. The average molecular weight is 937 g/mol. The van der Waals surface area contributed by atoms with Crippen molar-refractivity contribution in [3.05, 3.63) is 110 Å². The van der Waals surface area contributed by atoms with Crippen LogP contribution in [-0.4, -0.2) is 57.4 Å². The SMILES string of the molecule is CSNc1nn(CC(F)(F)F)c2c(-n3c(C(Cc4cc(F)cc(F)c4)NC(=O)Cn4nc(C(F)F)c5c4C(F)(F)C4CC54)nc(-c4nccc(C(F)(F)F)n4)cc3=O)ccc(Cl)c12. The zero-order valence-corrected chi connectivity index (χ0v) is 33.0. The third kappa shape index (κ3) is 8.26. The minimum Gasteiger partial charge on any atom is -0.344 e. The number of hydrogen-bond donors (Lipinski definition) is 2. The fourth-order valence-corrected chi connectivity index (χ4v) is 8.33. The van der Waals surface area contributed by atoms with Crippen molar-refractivity contribution < 1.29 is 57.5 Å². The lowest BCUT2D eigenvalue weighted by Gasteiger charge is -2.24. The van der Waals surface area contributed by atoms with Crippen molar-refractivity contribution in [2.45, 2.75) is 62.6 Å². The van der Waals surface area contributed by atoms with E-state index in [0.717, 1.165) is 36.2 Å². The first-order valence-corrected chi connectivity index (χ1v) is 19.8. The Bertz CT molecular complexity index is 2840. The molecule has 1 amide bonds. The van der Waals surface area contributed by atoms with Crippen LogP contribution >= 0.6 is 23.5 Å². The second kappa shape index (κ2) is 15.7. The summed E-state index contributed by atoms with van der Waals surface area (Å²) in [5.74, 6) is -11.3. The van der Waals surface area contributed by atoms with Crippen LogP contribution in [0.15, 0.2) is 53.5 Å². The number of carbonyl (C=O) groups excluding carboxylic acids is 1. The number of nitrogens with one attached hydrogen (secondary N) is 2. The van der Waals surface area contributed by atoms with E-state index in [4.69, 9.17) is 11.6 Å². The van der Waals surface area contributed by atoms with E-state index in [1.807, 2.05) is 0 Å². The standard InChI is InChI=1S/C37H25ClF12N10O2S/c1-63-57-33-27-19(38)2-3-22(29(27)59(56-33)13-35(43,44)45)60-25(62)11-20(32-51-5-4-23(54-32)37(48,49)50)53-34(60)21(8-14-6-15(39)9-16(40)7-14)52-24(61)12-58-30-26(28(55-58)31(41)42)17-10-18(17)36(30,46)47/h2-7,9,11,17-18,21,31H,8,10,12-13H2,1H3,(H,52,61)(H,56,57). The van der Waals surface area contributed by atoms with E-state index in [1.165, 1.54) is 6.26 Å². The number of hydrogen-bond acceptors (Lipinski definition) is 9. The molecule has 3 unspecified atom stereocenters. The fraction of sp³-hybridized carbons (Fsp3) is 0.324. The second-order valence-electron chi connectivity index (χ2n) is 14.4. The van der Waals surface area contributed by atoms with E-state index in [1.54, 1.807) is 0 Å². The number of benzene rings is 2. The van der Waals surface area contributed by atoms with Gasteiger partial charge in [-0.05, 0) is 48.2 Å². The minimum atomic E-state index is -5.05. The first-order chi connectivity index (χ1) is 29.5. The highest BCUT2D eigenvalue weighted by Crippen LogP contribution is 2.68. The van der Waals surface area contributed by atoms with Crippen LogP contribution in [-0.2, 0) is 36.4 Å². The molecule has 0 spiro atoms. The summed E-state index contributed by atoms with van der Waals surface area (Å²) in [5, 5.41) is 9.63. The maximum absolute atomic E-state index is 15.5. The fourth-order valence-electron chi connectivity index (χ4n) is 7.75. The number of fused-ring (bicyclic) bond motifs is 4. The van der Waals surface area contributed by atoms with Crippen LogP contribution in [0.1, 0.15) is 58.8 Å². The number of aromatic nitrogens is 8. The van der Waals surface area contributed by atoms with Gasteiger partial charge in [0.15, 0.2) is 11.6 Å². The van der Waals surface area contributed by atoms with Gasteiger partial charge in [-0.25, -0.2) is 32.5 Å². The number of amides is 1. The van der Waals surface area contributed by atoms with E-state index >= 15 is 8.78 Å². The molecule has 2 aliphatic rings. The van der Waals surface area contributed by atoms with Gasteiger partial charge in [-0.15, -0.1) is 0 Å². The molecule has 4 heterocycles. The summed E-state index contributed by atoms with van der Waals surface area (Å²) in [5.41, 5.74) is -7.00.